The molecular formula is C7H5BrS. The summed E-state index contributed by atoms with van der Waals surface area (Å²) in [5.41, 5.74) is 0. The summed E-state index contributed by atoms with van der Waals surface area (Å²) in [6, 6.07) is 1.96. The van der Waals surface area contributed by atoms with Gasteiger partial charge < -0.3 is 0 Å². The molecule has 1 rings (SSSR count). The molecule has 0 aliphatic carbocycles. The maximum atomic E-state index is 5.17. The van der Waals surface area contributed by atoms with Crippen molar-refractivity contribution in [2.75, 3.05) is 0 Å². The van der Waals surface area contributed by atoms with E-state index in [1.54, 1.807) is 11.3 Å². The first-order valence-corrected chi connectivity index (χ1v) is 4.07. The predicted molar refractivity (Wildman–Crippen MR) is 44.7 cm³/mol. The van der Waals surface area contributed by atoms with Crippen molar-refractivity contribution in [2.24, 2.45) is 0 Å². The van der Waals surface area contributed by atoms with Gasteiger partial charge in [0.15, 0.2) is 0 Å². The third-order valence-electron chi connectivity index (χ3n) is 0.999. The first-order valence-electron chi connectivity index (χ1n) is 2.46. The van der Waals surface area contributed by atoms with Crippen LogP contribution in [0.15, 0.2) is 10.5 Å². The van der Waals surface area contributed by atoms with Crippen LogP contribution in [0.1, 0.15) is 9.75 Å². The summed E-state index contributed by atoms with van der Waals surface area (Å²) in [5, 5.41) is 0. The second-order valence-electron chi connectivity index (χ2n) is 1.66. The lowest BCUT2D eigenvalue weighted by Crippen LogP contribution is -1.54. The Bertz CT molecular complexity index is 235. The highest BCUT2D eigenvalue weighted by molar-refractivity contribution is 9.10. The topological polar surface area (TPSA) is 0 Å². The van der Waals surface area contributed by atoms with E-state index in [1.165, 1.54) is 4.88 Å². The van der Waals surface area contributed by atoms with Crippen LogP contribution in [0.2, 0.25) is 0 Å². The maximum Gasteiger partial charge on any atom is 0.0780 e. The van der Waals surface area contributed by atoms with Crippen LogP contribution < -0.4 is 0 Å². The van der Waals surface area contributed by atoms with Gasteiger partial charge in [-0.3, -0.25) is 0 Å². The summed E-state index contributed by atoms with van der Waals surface area (Å²) >= 11 is 5.00. The molecule has 0 fully saturated rings. The van der Waals surface area contributed by atoms with Crippen molar-refractivity contribution in [3.63, 3.8) is 0 Å². The lowest BCUT2D eigenvalue weighted by Gasteiger charge is -1.77. The minimum Gasteiger partial charge on any atom is -0.131 e. The molecule has 1 aromatic rings. The average molecular weight is 201 g/mol. The van der Waals surface area contributed by atoms with Gasteiger partial charge >= 0.3 is 0 Å². The number of aryl methyl sites for hydroxylation is 1. The molecule has 1 heterocycles. The summed E-state index contributed by atoms with van der Waals surface area (Å²) in [4.78, 5) is 2.22. The van der Waals surface area contributed by atoms with Crippen LogP contribution in [0.5, 0.6) is 0 Å². The van der Waals surface area contributed by atoms with Crippen molar-refractivity contribution in [1.82, 2.24) is 0 Å². The summed E-state index contributed by atoms with van der Waals surface area (Å²) in [5.74, 6) is 2.58. The van der Waals surface area contributed by atoms with Crippen molar-refractivity contribution in [1.29, 1.82) is 0 Å². The summed E-state index contributed by atoms with van der Waals surface area (Å²) < 4.78 is 1.11. The van der Waals surface area contributed by atoms with Crippen molar-refractivity contribution < 1.29 is 0 Å². The molecule has 46 valence electrons. The molecule has 0 spiro atoms. The first kappa shape index (κ1) is 6.85. The van der Waals surface area contributed by atoms with Crippen LogP contribution in [0.3, 0.4) is 0 Å². The van der Waals surface area contributed by atoms with Gasteiger partial charge in [-0.1, -0.05) is 5.92 Å². The Morgan fingerprint density at radius 3 is 2.67 bits per heavy atom. The number of rotatable bonds is 0. The highest BCUT2D eigenvalue weighted by Gasteiger charge is 1.97. The molecule has 0 aromatic carbocycles. The molecule has 0 aliphatic heterocycles. The number of thiophene rings is 1. The Morgan fingerprint density at radius 2 is 2.44 bits per heavy atom. The van der Waals surface area contributed by atoms with E-state index in [1.807, 2.05) is 13.0 Å². The van der Waals surface area contributed by atoms with Crippen molar-refractivity contribution in [3.05, 3.63) is 20.3 Å². The molecule has 0 bridgehead atoms. The fraction of sp³-hybridized carbons (Fsp3) is 0.143. The van der Waals surface area contributed by atoms with Crippen LogP contribution >= 0.6 is 27.3 Å². The molecule has 0 aliphatic rings. The summed E-state index contributed by atoms with van der Waals surface area (Å²) in [7, 11) is 0. The van der Waals surface area contributed by atoms with Gasteiger partial charge in [0.2, 0.25) is 0 Å². The predicted octanol–water partition coefficient (Wildman–Crippen LogP) is 2.80. The summed E-state index contributed by atoms with van der Waals surface area (Å²) in [6.45, 7) is 2.04. The smallest absolute Gasteiger partial charge is 0.0780 e. The van der Waals surface area contributed by atoms with Gasteiger partial charge in [-0.25, -0.2) is 0 Å². The van der Waals surface area contributed by atoms with Crippen molar-refractivity contribution >= 4 is 27.3 Å². The number of terminal acetylenes is 1. The molecule has 9 heavy (non-hydrogen) atoms. The average Bonchev–Trinajstić information content (AvgIpc) is 2.13. The quantitative estimate of drug-likeness (QED) is 0.566. The van der Waals surface area contributed by atoms with E-state index >= 15 is 0 Å². The van der Waals surface area contributed by atoms with Crippen LogP contribution in [0.4, 0.5) is 0 Å². The van der Waals surface area contributed by atoms with Crippen molar-refractivity contribution in [3.8, 4) is 12.3 Å². The van der Waals surface area contributed by atoms with Gasteiger partial charge in [-0.05, 0) is 28.9 Å². The first-order chi connectivity index (χ1) is 4.24. The fourth-order valence-corrected chi connectivity index (χ4v) is 1.88. The highest BCUT2D eigenvalue weighted by atomic mass is 79.9. The second-order valence-corrected chi connectivity index (χ2v) is 3.77. The summed E-state index contributed by atoms with van der Waals surface area (Å²) in [6.07, 6.45) is 5.17. The van der Waals surface area contributed by atoms with Crippen molar-refractivity contribution in [2.45, 2.75) is 6.92 Å². The zero-order valence-corrected chi connectivity index (χ0v) is 7.34. The highest BCUT2D eigenvalue weighted by Crippen LogP contribution is 2.25. The Kier molecular flexibility index (Phi) is 1.94. The standard InChI is InChI=1S/C7H5BrS/c1-3-6-4-7(8)5(2)9-6/h1,4H,2H3. The molecular weight excluding hydrogens is 196 g/mol. The molecule has 2 heteroatoms. The Labute approximate surface area is 67.0 Å². The normalized spacial score (nSPS) is 9.00. The molecule has 0 saturated heterocycles. The van der Waals surface area contributed by atoms with Crippen LogP contribution in [0.25, 0.3) is 0 Å². The molecule has 0 amide bonds. The molecule has 0 radical (unpaired) electrons. The minimum absolute atomic E-state index is 0.986. The van der Waals surface area contributed by atoms with E-state index in [-0.39, 0.29) is 0 Å². The second kappa shape index (κ2) is 2.55. The Hall–Kier alpha value is -0.260. The van der Waals surface area contributed by atoms with Crippen LogP contribution in [-0.4, -0.2) is 0 Å². The van der Waals surface area contributed by atoms with Gasteiger partial charge in [0.25, 0.3) is 0 Å². The van der Waals surface area contributed by atoms with E-state index in [9.17, 15) is 0 Å². The molecule has 0 unspecified atom stereocenters. The Morgan fingerprint density at radius 1 is 1.78 bits per heavy atom. The van der Waals surface area contributed by atoms with E-state index in [4.69, 9.17) is 6.42 Å². The van der Waals surface area contributed by atoms with Gasteiger partial charge in [0.05, 0.1) is 4.88 Å². The van der Waals surface area contributed by atoms with Gasteiger partial charge in [0, 0.05) is 9.35 Å². The van der Waals surface area contributed by atoms with Crippen LogP contribution in [0, 0.1) is 19.3 Å². The zero-order valence-electron chi connectivity index (χ0n) is 4.94. The SMILES string of the molecule is C#Cc1cc(Br)c(C)s1. The van der Waals surface area contributed by atoms with E-state index in [2.05, 4.69) is 21.9 Å². The number of halogens is 1. The van der Waals surface area contributed by atoms with Crippen LogP contribution in [-0.2, 0) is 0 Å². The maximum absolute atomic E-state index is 5.17. The zero-order chi connectivity index (χ0) is 6.85. The third kappa shape index (κ3) is 1.35. The van der Waals surface area contributed by atoms with Gasteiger partial charge in [-0.2, -0.15) is 0 Å². The number of hydrogen-bond acceptors (Lipinski definition) is 1. The lowest BCUT2D eigenvalue weighted by molar-refractivity contribution is 1.59. The van der Waals surface area contributed by atoms with Gasteiger partial charge in [0.1, 0.15) is 0 Å². The molecule has 0 saturated carbocycles. The minimum atomic E-state index is 0.986. The number of hydrogen-bond donors (Lipinski definition) is 0. The molecule has 0 nitrogen and oxygen atoms in total. The fourth-order valence-electron chi connectivity index (χ4n) is 0.531. The molecule has 0 atom stereocenters. The Balaban J connectivity index is 3.16. The molecule has 1 aromatic heterocycles. The third-order valence-corrected chi connectivity index (χ3v) is 3.07. The largest absolute Gasteiger partial charge is 0.131 e. The van der Waals surface area contributed by atoms with E-state index in [0.717, 1.165) is 9.35 Å². The monoisotopic (exact) mass is 200 g/mol. The van der Waals surface area contributed by atoms with E-state index < -0.39 is 0 Å². The molecule has 0 N–H and O–H groups in total. The van der Waals surface area contributed by atoms with Gasteiger partial charge in [-0.15, -0.1) is 17.8 Å². The lowest BCUT2D eigenvalue weighted by atomic mass is 10.4. The van der Waals surface area contributed by atoms with E-state index in [0.29, 0.717) is 0 Å².